The van der Waals surface area contributed by atoms with E-state index >= 15 is 0 Å². The predicted octanol–water partition coefficient (Wildman–Crippen LogP) is 4.26. The monoisotopic (exact) mass is 379 g/mol. The maximum atomic E-state index is 12.5. The number of carbonyl (C=O) groups is 1. The highest BCUT2D eigenvalue weighted by Gasteiger charge is 2.19. The summed E-state index contributed by atoms with van der Waals surface area (Å²) in [4.78, 5) is 16.9. The number of ether oxygens (including phenoxy) is 3. The van der Waals surface area contributed by atoms with E-state index in [1.807, 2.05) is 36.4 Å². The third kappa shape index (κ3) is 4.40. The van der Waals surface area contributed by atoms with Crippen LogP contribution in [0.15, 0.2) is 65.3 Å². The average Bonchev–Trinajstić information content (AvgIpc) is 3.43. The molecule has 6 nitrogen and oxygen atoms in total. The van der Waals surface area contributed by atoms with Gasteiger partial charge >= 0.3 is 5.97 Å². The molecule has 0 saturated carbocycles. The number of hydrogen-bond donors (Lipinski definition) is 0. The van der Waals surface area contributed by atoms with Gasteiger partial charge in [-0.1, -0.05) is 30.3 Å². The highest BCUT2D eigenvalue weighted by molar-refractivity contribution is 5.92. The molecule has 6 heteroatoms. The second-order valence-corrected chi connectivity index (χ2v) is 6.53. The van der Waals surface area contributed by atoms with Crippen LogP contribution in [0.5, 0.6) is 5.75 Å². The molecule has 3 aromatic rings. The Morgan fingerprint density at radius 2 is 1.93 bits per heavy atom. The molecule has 0 radical (unpaired) electrons. The van der Waals surface area contributed by atoms with Gasteiger partial charge in [-0.25, -0.2) is 9.78 Å². The quantitative estimate of drug-likeness (QED) is 0.572. The van der Waals surface area contributed by atoms with Crippen LogP contribution in [0.4, 0.5) is 0 Å². The molecule has 0 spiro atoms. The lowest BCUT2D eigenvalue weighted by Gasteiger charge is -2.14. The molecule has 1 fully saturated rings. The number of aromatic nitrogens is 1. The minimum absolute atomic E-state index is 0.0231. The van der Waals surface area contributed by atoms with Crippen molar-refractivity contribution < 1.29 is 23.4 Å². The predicted molar refractivity (Wildman–Crippen MR) is 102 cm³/mol. The molecule has 0 amide bonds. The minimum Gasteiger partial charge on any atom is -0.490 e. The standard InChI is InChI=1S/C22H21NO5/c24-22(19-10-4-5-11-20(19)26-15-18-9-6-12-25-18)28-14-17-13-27-21(23-17)16-7-2-1-3-8-16/h1-5,7-8,10-11,13,18H,6,9,12,14-15H2. The van der Waals surface area contributed by atoms with Crippen LogP contribution in [0, 0.1) is 0 Å². The lowest BCUT2D eigenvalue weighted by atomic mass is 10.2. The van der Waals surface area contributed by atoms with Crippen molar-refractivity contribution >= 4 is 5.97 Å². The topological polar surface area (TPSA) is 70.8 Å². The Morgan fingerprint density at radius 3 is 2.75 bits per heavy atom. The normalized spacial score (nSPS) is 16.1. The van der Waals surface area contributed by atoms with Gasteiger partial charge in [-0.05, 0) is 37.1 Å². The number of oxazole rings is 1. The zero-order valence-corrected chi connectivity index (χ0v) is 15.4. The van der Waals surface area contributed by atoms with Crippen LogP contribution in [-0.4, -0.2) is 30.3 Å². The molecule has 28 heavy (non-hydrogen) atoms. The molecule has 0 aliphatic carbocycles. The molecule has 1 saturated heterocycles. The maximum Gasteiger partial charge on any atom is 0.342 e. The average molecular weight is 379 g/mol. The summed E-state index contributed by atoms with van der Waals surface area (Å²) in [5, 5.41) is 0. The summed E-state index contributed by atoms with van der Waals surface area (Å²) in [5.41, 5.74) is 1.80. The Labute approximate surface area is 163 Å². The Morgan fingerprint density at radius 1 is 1.11 bits per heavy atom. The van der Waals surface area contributed by atoms with Crippen molar-refractivity contribution in [3.8, 4) is 17.2 Å². The molecular weight excluding hydrogens is 358 g/mol. The van der Waals surface area contributed by atoms with Crippen LogP contribution in [-0.2, 0) is 16.1 Å². The summed E-state index contributed by atoms with van der Waals surface area (Å²) in [6.45, 7) is 1.21. The van der Waals surface area contributed by atoms with Gasteiger partial charge in [0, 0.05) is 12.2 Å². The van der Waals surface area contributed by atoms with Crippen LogP contribution < -0.4 is 4.74 Å². The fourth-order valence-electron chi connectivity index (χ4n) is 3.02. The summed E-state index contributed by atoms with van der Waals surface area (Å²) < 4.78 is 22.2. The van der Waals surface area contributed by atoms with Crippen LogP contribution in [0.25, 0.3) is 11.5 Å². The van der Waals surface area contributed by atoms with E-state index < -0.39 is 5.97 Å². The number of rotatable bonds is 7. The highest BCUT2D eigenvalue weighted by atomic mass is 16.5. The van der Waals surface area contributed by atoms with Gasteiger partial charge in [0.25, 0.3) is 0 Å². The van der Waals surface area contributed by atoms with Gasteiger partial charge in [-0.2, -0.15) is 0 Å². The SMILES string of the molecule is O=C(OCc1coc(-c2ccccc2)n1)c1ccccc1OCC1CCCO1. The van der Waals surface area contributed by atoms with Crippen molar-refractivity contribution in [3.63, 3.8) is 0 Å². The Hall–Kier alpha value is -3.12. The van der Waals surface area contributed by atoms with Crippen molar-refractivity contribution in [2.45, 2.75) is 25.6 Å². The summed E-state index contributed by atoms with van der Waals surface area (Å²) in [6, 6.07) is 16.6. The fourth-order valence-corrected chi connectivity index (χ4v) is 3.02. The number of para-hydroxylation sites is 1. The minimum atomic E-state index is -0.466. The molecule has 1 aliphatic rings. The molecule has 144 valence electrons. The van der Waals surface area contributed by atoms with Gasteiger partial charge in [0.15, 0.2) is 0 Å². The van der Waals surface area contributed by atoms with Crippen molar-refractivity contribution in [2.24, 2.45) is 0 Å². The van der Waals surface area contributed by atoms with Crippen molar-refractivity contribution in [2.75, 3.05) is 13.2 Å². The van der Waals surface area contributed by atoms with Crippen LogP contribution in [0.3, 0.4) is 0 Å². The molecule has 4 rings (SSSR count). The first-order chi connectivity index (χ1) is 13.8. The number of hydrogen-bond acceptors (Lipinski definition) is 6. The second kappa shape index (κ2) is 8.71. The lowest BCUT2D eigenvalue weighted by molar-refractivity contribution is 0.0450. The zero-order chi connectivity index (χ0) is 19.2. The van der Waals surface area contributed by atoms with Crippen LogP contribution in [0.2, 0.25) is 0 Å². The first-order valence-corrected chi connectivity index (χ1v) is 9.30. The number of esters is 1. The van der Waals surface area contributed by atoms with Gasteiger partial charge in [0.1, 0.15) is 36.5 Å². The zero-order valence-electron chi connectivity index (χ0n) is 15.4. The molecule has 1 aliphatic heterocycles. The Balaban J connectivity index is 1.37. The number of benzene rings is 2. The molecule has 1 atom stereocenters. The van der Waals surface area contributed by atoms with E-state index in [-0.39, 0.29) is 12.7 Å². The molecule has 0 bridgehead atoms. The van der Waals surface area contributed by atoms with Gasteiger partial charge in [0.05, 0.1) is 6.10 Å². The first-order valence-electron chi connectivity index (χ1n) is 9.30. The summed E-state index contributed by atoms with van der Waals surface area (Å²) in [6.07, 6.45) is 3.59. The third-order valence-electron chi connectivity index (χ3n) is 4.48. The van der Waals surface area contributed by atoms with E-state index in [1.54, 1.807) is 18.2 Å². The van der Waals surface area contributed by atoms with Crippen molar-refractivity contribution in [3.05, 3.63) is 72.1 Å². The third-order valence-corrected chi connectivity index (χ3v) is 4.48. The Kier molecular flexibility index (Phi) is 5.68. The van der Waals surface area contributed by atoms with Crippen LogP contribution >= 0.6 is 0 Å². The fraction of sp³-hybridized carbons (Fsp3) is 0.273. The van der Waals surface area contributed by atoms with E-state index in [0.717, 1.165) is 25.0 Å². The van der Waals surface area contributed by atoms with Crippen LogP contribution in [0.1, 0.15) is 28.9 Å². The van der Waals surface area contributed by atoms with E-state index in [2.05, 4.69) is 4.98 Å². The van der Waals surface area contributed by atoms with E-state index in [1.165, 1.54) is 6.26 Å². The summed E-state index contributed by atoms with van der Waals surface area (Å²) in [7, 11) is 0. The Bertz CT molecular complexity index is 915. The van der Waals surface area contributed by atoms with Gasteiger partial charge in [-0.3, -0.25) is 0 Å². The van der Waals surface area contributed by atoms with E-state index in [9.17, 15) is 4.79 Å². The molecular formula is C22H21NO5. The van der Waals surface area contributed by atoms with E-state index in [4.69, 9.17) is 18.6 Å². The highest BCUT2D eigenvalue weighted by Crippen LogP contribution is 2.22. The molecule has 2 heterocycles. The van der Waals surface area contributed by atoms with Crippen molar-refractivity contribution in [1.29, 1.82) is 0 Å². The van der Waals surface area contributed by atoms with E-state index in [0.29, 0.717) is 29.5 Å². The smallest absolute Gasteiger partial charge is 0.342 e. The summed E-state index contributed by atoms with van der Waals surface area (Å²) in [5.74, 6) is 0.521. The number of nitrogens with zero attached hydrogens (tertiary/aromatic N) is 1. The van der Waals surface area contributed by atoms with Gasteiger partial charge in [-0.15, -0.1) is 0 Å². The number of carbonyl (C=O) groups excluding carboxylic acids is 1. The largest absolute Gasteiger partial charge is 0.490 e. The second-order valence-electron chi connectivity index (χ2n) is 6.53. The molecule has 2 aromatic carbocycles. The van der Waals surface area contributed by atoms with Crippen molar-refractivity contribution in [1.82, 2.24) is 4.98 Å². The maximum absolute atomic E-state index is 12.5. The van der Waals surface area contributed by atoms with Gasteiger partial charge < -0.3 is 18.6 Å². The molecule has 1 aromatic heterocycles. The molecule has 0 N–H and O–H groups in total. The van der Waals surface area contributed by atoms with Gasteiger partial charge in [0.2, 0.25) is 5.89 Å². The summed E-state index contributed by atoms with van der Waals surface area (Å²) >= 11 is 0. The molecule has 1 unspecified atom stereocenters. The lowest BCUT2D eigenvalue weighted by Crippen LogP contribution is -2.17. The first kappa shape index (κ1) is 18.3.